The van der Waals surface area contributed by atoms with Crippen molar-refractivity contribution >= 4 is 11.7 Å². The summed E-state index contributed by atoms with van der Waals surface area (Å²) in [6.07, 6.45) is 0. The third-order valence-electron chi connectivity index (χ3n) is 3.78. The molecule has 20 heavy (non-hydrogen) atoms. The molecule has 1 fully saturated rings. The quantitative estimate of drug-likeness (QED) is 0.917. The van der Waals surface area contributed by atoms with Crippen LogP contribution in [0.3, 0.4) is 0 Å². The largest absolute Gasteiger partial charge is 0.480 e. The molecule has 1 aromatic rings. The molecule has 0 bridgehead atoms. The molecule has 1 heterocycles. The maximum absolute atomic E-state index is 12.9. The molecular formula is C15H21FN2O2. The maximum atomic E-state index is 12.9. The van der Waals surface area contributed by atoms with Gasteiger partial charge in [-0.15, -0.1) is 0 Å². The Balaban J connectivity index is 1.98. The van der Waals surface area contributed by atoms with Crippen molar-refractivity contribution in [3.63, 3.8) is 0 Å². The maximum Gasteiger partial charge on any atom is 0.321 e. The van der Waals surface area contributed by atoms with Crippen LogP contribution in [0.15, 0.2) is 24.3 Å². The van der Waals surface area contributed by atoms with Crippen molar-refractivity contribution in [2.24, 2.45) is 5.92 Å². The van der Waals surface area contributed by atoms with Gasteiger partial charge in [-0.2, -0.15) is 0 Å². The molecular weight excluding hydrogens is 259 g/mol. The lowest BCUT2D eigenvalue weighted by Gasteiger charge is -2.40. The Labute approximate surface area is 118 Å². The second-order valence-electron chi connectivity index (χ2n) is 5.53. The number of nitrogens with zero attached hydrogens (tertiary/aromatic N) is 2. The second kappa shape index (κ2) is 6.22. The van der Waals surface area contributed by atoms with E-state index in [1.807, 2.05) is 18.7 Å². The number of hydrogen-bond donors (Lipinski definition) is 1. The van der Waals surface area contributed by atoms with Gasteiger partial charge in [-0.1, -0.05) is 13.8 Å². The van der Waals surface area contributed by atoms with Gasteiger partial charge in [0.15, 0.2) is 0 Å². The Morgan fingerprint density at radius 1 is 1.15 bits per heavy atom. The van der Waals surface area contributed by atoms with Crippen LogP contribution in [-0.2, 0) is 4.79 Å². The fourth-order valence-corrected chi connectivity index (χ4v) is 2.77. The van der Waals surface area contributed by atoms with Gasteiger partial charge in [0.05, 0.1) is 0 Å². The Morgan fingerprint density at radius 2 is 1.70 bits per heavy atom. The predicted octanol–water partition coefficient (Wildman–Crippen LogP) is 2.06. The molecule has 1 saturated heterocycles. The van der Waals surface area contributed by atoms with Crippen molar-refractivity contribution < 1.29 is 14.3 Å². The van der Waals surface area contributed by atoms with Crippen LogP contribution in [0.25, 0.3) is 0 Å². The molecule has 110 valence electrons. The van der Waals surface area contributed by atoms with E-state index in [1.54, 1.807) is 12.1 Å². The molecule has 1 unspecified atom stereocenters. The van der Waals surface area contributed by atoms with Crippen LogP contribution in [0.2, 0.25) is 0 Å². The van der Waals surface area contributed by atoms with Crippen LogP contribution in [0, 0.1) is 11.7 Å². The summed E-state index contributed by atoms with van der Waals surface area (Å²) in [7, 11) is 0. The molecule has 0 spiro atoms. The molecule has 1 aliphatic rings. The van der Waals surface area contributed by atoms with Gasteiger partial charge in [-0.25, -0.2) is 4.39 Å². The van der Waals surface area contributed by atoms with Gasteiger partial charge in [-0.05, 0) is 30.2 Å². The topological polar surface area (TPSA) is 43.8 Å². The number of carbonyl (C=O) groups is 1. The third-order valence-corrected chi connectivity index (χ3v) is 3.78. The van der Waals surface area contributed by atoms with E-state index in [0.29, 0.717) is 13.1 Å². The average molecular weight is 280 g/mol. The predicted molar refractivity (Wildman–Crippen MR) is 76.4 cm³/mol. The highest BCUT2D eigenvalue weighted by Crippen LogP contribution is 2.19. The first-order chi connectivity index (χ1) is 9.49. The molecule has 1 atom stereocenters. The Hall–Kier alpha value is -1.62. The summed E-state index contributed by atoms with van der Waals surface area (Å²) < 4.78 is 12.9. The molecule has 1 aliphatic heterocycles. The van der Waals surface area contributed by atoms with E-state index >= 15 is 0 Å². The number of anilines is 1. The van der Waals surface area contributed by atoms with Crippen molar-refractivity contribution in [3.8, 4) is 0 Å². The summed E-state index contributed by atoms with van der Waals surface area (Å²) in [5, 5.41) is 9.31. The molecule has 0 aromatic heterocycles. The van der Waals surface area contributed by atoms with E-state index in [4.69, 9.17) is 0 Å². The number of carboxylic acid groups (broad SMARTS) is 1. The van der Waals surface area contributed by atoms with Gasteiger partial charge < -0.3 is 10.0 Å². The van der Waals surface area contributed by atoms with Crippen molar-refractivity contribution in [1.82, 2.24) is 4.90 Å². The molecule has 0 aliphatic carbocycles. The number of rotatable bonds is 4. The van der Waals surface area contributed by atoms with Gasteiger partial charge >= 0.3 is 5.97 Å². The van der Waals surface area contributed by atoms with Crippen LogP contribution in [0.4, 0.5) is 10.1 Å². The molecule has 0 saturated carbocycles. The Bertz CT molecular complexity index is 453. The van der Waals surface area contributed by atoms with Crippen LogP contribution in [0.5, 0.6) is 0 Å². The Kier molecular flexibility index (Phi) is 4.60. The SMILES string of the molecule is CC(C)C(C(=O)O)N1CCN(c2ccc(F)cc2)CC1. The molecule has 1 aromatic carbocycles. The van der Waals surface area contributed by atoms with Crippen LogP contribution in [-0.4, -0.2) is 48.2 Å². The standard InChI is InChI=1S/C15H21FN2O2/c1-11(2)14(15(19)20)18-9-7-17(8-10-18)13-5-3-12(16)4-6-13/h3-6,11,14H,7-10H2,1-2H3,(H,19,20). The second-order valence-corrected chi connectivity index (χ2v) is 5.53. The zero-order valence-corrected chi connectivity index (χ0v) is 11.9. The van der Waals surface area contributed by atoms with E-state index in [0.717, 1.165) is 18.8 Å². The number of aliphatic carboxylic acids is 1. The first-order valence-corrected chi connectivity index (χ1v) is 6.96. The number of piperazine rings is 1. The van der Waals surface area contributed by atoms with Gasteiger partial charge in [0.1, 0.15) is 11.9 Å². The lowest BCUT2D eigenvalue weighted by molar-refractivity contribution is -0.145. The highest BCUT2D eigenvalue weighted by atomic mass is 19.1. The summed E-state index contributed by atoms with van der Waals surface area (Å²) in [6.45, 7) is 6.83. The molecule has 0 amide bonds. The van der Waals surface area contributed by atoms with Gasteiger partial charge in [0.2, 0.25) is 0 Å². The summed E-state index contributed by atoms with van der Waals surface area (Å²) in [6, 6.07) is 6.01. The fraction of sp³-hybridized carbons (Fsp3) is 0.533. The first-order valence-electron chi connectivity index (χ1n) is 6.96. The van der Waals surface area contributed by atoms with E-state index in [-0.39, 0.29) is 11.7 Å². The third kappa shape index (κ3) is 3.28. The summed E-state index contributed by atoms with van der Waals surface area (Å²) >= 11 is 0. The monoisotopic (exact) mass is 280 g/mol. The molecule has 1 N–H and O–H groups in total. The number of benzene rings is 1. The van der Waals surface area contributed by atoms with E-state index in [1.165, 1.54) is 12.1 Å². The average Bonchev–Trinajstić information content (AvgIpc) is 2.40. The van der Waals surface area contributed by atoms with E-state index in [9.17, 15) is 14.3 Å². The minimum Gasteiger partial charge on any atom is -0.480 e. The lowest BCUT2D eigenvalue weighted by atomic mass is 10.0. The highest BCUT2D eigenvalue weighted by Gasteiger charge is 2.31. The van der Waals surface area contributed by atoms with Crippen LogP contribution < -0.4 is 4.90 Å². The van der Waals surface area contributed by atoms with Gasteiger partial charge in [-0.3, -0.25) is 9.69 Å². The number of hydrogen-bond acceptors (Lipinski definition) is 3. The molecule has 5 heteroatoms. The summed E-state index contributed by atoms with van der Waals surface area (Å²) in [5.41, 5.74) is 0.988. The number of halogens is 1. The van der Waals surface area contributed by atoms with Crippen LogP contribution >= 0.6 is 0 Å². The molecule has 2 rings (SSSR count). The smallest absolute Gasteiger partial charge is 0.321 e. The normalized spacial score (nSPS) is 18.3. The van der Waals surface area contributed by atoms with Crippen molar-refractivity contribution in [2.75, 3.05) is 31.1 Å². The van der Waals surface area contributed by atoms with E-state index in [2.05, 4.69) is 4.90 Å². The zero-order valence-electron chi connectivity index (χ0n) is 11.9. The summed E-state index contributed by atoms with van der Waals surface area (Å²) in [4.78, 5) is 15.5. The highest BCUT2D eigenvalue weighted by molar-refractivity contribution is 5.73. The van der Waals surface area contributed by atoms with Crippen molar-refractivity contribution in [2.45, 2.75) is 19.9 Å². The number of carboxylic acids is 1. The van der Waals surface area contributed by atoms with Gasteiger partial charge in [0.25, 0.3) is 0 Å². The molecule has 0 radical (unpaired) electrons. The first kappa shape index (κ1) is 14.8. The fourth-order valence-electron chi connectivity index (χ4n) is 2.77. The van der Waals surface area contributed by atoms with E-state index < -0.39 is 12.0 Å². The van der Waals surface area contributed by atoms with Crippen LogP contribution in [0.1, 0.15) is 13.8 Å². The van der Waals surface area contributed by atoms with Crippen molar-refractivity contribution in [3.05, 3.63) is 30.1 Å². The van der Waals surface area contributed by atoms with Crippen molar-refractivity contribution in [1.29, 1.82) is 0 Å². The Morgan fingerprint density at radius 3 is 2.15 bits per heavy atom. The lowest BCUT2D eigenvalue weighted by Crippen LogP contribution is -2.54. The minimum absolute atomic E-state index is 0.0878. The summed E-state index contributed by atoms with van der Waals surface area (Å²) in [5.74, 6) is -0.904. The molecule has 4 nitrogen and oxygen atoms in total. The zero-order chi connectivity index (χ0) is 14.7. The minimum atomic E-state index is -0.754. The van der Waals surface area contributed by atoms with Gasteiger partial charge in [0, 0.05) is 31.9 Å².